The summed E-state index contributed by atoms with van der Waals surface area (Å²) in [6.07, 6.45) is 0.968. The number of anilines is 1. The first-order chi connectivity index (χ1) is 10.3. The standard InChI is InChI=1S/C17H16FN3/c1-21-15-8-4-6-13(18)16(15)20-17(21)12-9-10-19-14-7-3-2-5-11(12)14/h2-8,12,19H,9-10H2,1H3. The third-order valence-electron chi connectivity index (χ3n) is 4.29. The molecule has 1 aromatic heterocycles. The minimum Gasteiger partial charge on any atom is -0.385 e. The Balaban J connectivity index is 1.92. The van der Waals surface area contributed by atoms with Crippen molar-refractivity contribution in [3.05, 3.63) is 59.7 Å². The number of aryl methyl sites for hydroxylation is 1. The number of aromatic nitrogens is 2. The zero-order valence-corrected chi connectivity index (χ0v) is 11.8. The monoisotopic (exact) mass is 281 g/mol. The van der Waals surface area contributed by atoms with E-state index in [1.807, 2.05) is 29.8 Å². The second-order valence-corrected chi connectivity index (χ2v) is 5.49. The first-order valence-electron chi connectivity index (χ1n) is 7.19. The third-order valence-corrected chi connectivity index (χ3v) is 4.29. The fraction of sp³-hybridized carbons (Fsp3) is 0.235. The van der Waals surface area contributed by atoms with Crippen LogP contribution in [0.3, 0.4) is 0 Å². The molecule has 1 aliphatic rings. The Morgan fingerprint density at radius 3 is 2.90 bits per heavy atom. The van der Waals surface area contributed by atoms with Gasteiger partial charge in [-0.25, -0.2) is 9.37 Å². The highest BCUT2D eigenvalue weighted by Crippen LogP contribution is 2.36. The van der Waals surface area contributed by atoms with Gasteiger partial charge < -0.3 is 9.88 Å². The minimum absolute atomic E-state index is 0.208. The van der Waals surface area contributed by atoms with Crippen molar-refractivity contribution >= 4 is 16.7 Å². The van der Waals surface area contributed by atoms with Gasteiger partial charge in [0.05, 0.1) is 5.52 Å². The lowest BCUT2D eigenvalue weighted by Gasteiger charge is -2.26. The van der Waals surface area contributed by atoms with Crippen LogP contribution in [0.5, 0.6) is 0 Å². The van der Waals surface area contributed by atoms with Crippen molar-refractivity contribution in [2.75, 3.05) is 11.9 Å². The smallest absolute Gasteiger partial charge is 0.151 e. The van der Waals surface area contributed by atoms with Gasteiger partial charge in [-0.2, -0.15) is 0 Å². The van der Waals surface area contributed by atoms with Crippen molar-refractivity contribution in [2.24, 2.45) is 7.05 Å². The zero-order valence-electron chi connectivity index (χ0n) is 11.8. The molecule has 4 heteroatoms. The average Bonchev–Trinajstić information content (AvgIpc) is 2.85. The van der Waals surface area contributed by atoms with Gasteiger partial charge in [0, 0.05) is 25.2 Å². The molecular formula is C17H16FN3. The average molecular weight is 281 g/mol. The number of benzene rings is 2. The molecule has 2 heterocycles. The Morgan fingerprint density at radius 1 is 1.19 bits per heavy atom. The summed E-state index contributed by atoms with van der Waals surface area (Å²) in [7, 11) is 1.97. The van der Waals surface area contributed by atoms with E-state index in [2.05, 4.69) is 22.4 Å². The molecule has 3 aromatic rings. The number of para-hydroxylation sites is 2. The minimum atomic E-state index is -0.253. The van der Waals surface area contributed by atoms with Gasteiger partial charge in [-0.05, 0) is 30.2 Å². The maximum atomic E-state index is 14.0. The molecule has 4 rings (SSSR count). The summed E-state index contributed by atoms with van der Waals surface area (Å²) in [5.74, 6) is 0.889. The van der Waals surface area contributed by atoms with E-state index in [-0.39, 0.29) is 11.7 Å². The van der Waals surface area contributed by atoms with Gasteiger partial charge in [0.2, 0.25) is 0 Å². The van der Waals surface area contributed by atoms with Gasteiger partial charge >= 0.3 is 0 Å². The first-order valence-corrected chi connectivity index (χ1v) is 7.19. The molecule has 0 radical (unpaired) electrons. The van der Waals surface area contributed by atoms with E-state index in [9.17, 15) is 4.39 Å². The zero-order chi connectivity index (χ0) is 14.4. The number of nitrogens with zero attached hydrogens (tertiary/aromatic N) is 2. The molecule has 106 valence electrons. The van der Waals surface area contributed by atoms with E-state index in [0.717, 1.165) is 30.0 Å². The van der Waals surface area contributed by atoms with Crippen molar-refractivity contribution in [3.63, 3.8) is 0 Å². The number of halogens is 1. The van der Waals surface area contributed by atoms with Gasteiger partial charge in [0.15, 0.2) is 5.82 Å². The molecule has 1 aliphatic heterocycles. The lowest BCUT2D eigenvalue weighted by atomic mass is 9.90. The van der Waals surface area contributed by atoms with Crippen molar-refractivity contribution < 1.29 is 4.39 Å². The highest BCUT2D eigenvalue weighted by atomic mass is 19.1. The molecule has 1 atom stereocenters. The van der Waals surface area contributed by atoms with Crippen LogP contribution in [-0.2, 0) is 7.05 Å². The predicted octanol–water partition coefficient (Wildman–Crippen LogP) is 3.66. The van der Waals surface area contributed by atoms with Gasteiger partial charge in [-0.15, -0.1) is 0 Å². The van der Waals surface area contributed by atoms with E-state index in [4.69, 9.17) is 0 Å². The Morgan fingerprint density at radius 2 is 2.05 bits per heavy atom. The molecule has 0 bridgehead atoms. The van der Waals surface area contributed by atoms with Gasteiger partial charge in [0.25, 0.3) is 0 Å². The van der Waals surface area contributed by atoms with E-state index < -0.39 is 0 Å². The normalized spacial score (nSPS) is 17.5. The molecule has 0 aliphatic carbocycles. The second kappa shape index (κ2) is 4.58. The van der Waals surface area contributed by atoms with E-state index in [0.29, 0.717) is 5.52 Å². The van der Waals surface area contributed by atoms with Gasteiger partial charge in [-0.3, -0.25) is 0 Å². The topological polar surface area (TPSA) is 29.9 Å². The number of hydrogen-bond donors (Lipinski definition) is 1. The molecule has 0 saturated heterocycles. The highest BCUT2D eigenvalue weighted by molar-refractivity contribution is 5.77. The van der Waals surface area contributed by atoms with Crippen LogP contribution < -0.4 is 5.32 Å². The molecule has 21 heavy (non-hydrogen) atoms. The number of fused-ring (bicyclic) bond motifs is 2. The molecule has 0 fully saturated rings. The first kappa shape index (κ1) is 12.4. The second-order valence-electron chi connectivity index (χ2n) is 5.49. The van der Waals surface area contributed by atoms with E-state index in [1.165, 1.54) is 11.6 Å². The number of imidazole rings is 1. The molecular weight excluding hydrogens is 265 g/mol. The summed E-state index contributed by atoms with van der Waals surface area (Å²) in [6, 6.07) is 13.4. The van der Waals surface area contributed by atoms with Crippen molar-refractivity contribution in [3.8, 4) is 0 Å². The molecule has 0 saturated carbocycles. The van der Waals surface area contributed by atoms with Crippen LogP contribution >= 0.6 is 0 Å². The quantitative estimate of drug-likeness (QED) is 0.737. The van der Waals surface area contributed by atoms with Crippen LogP contribution in [0.25, 0.3) is 11.0 Å². The summed E-state index contributed by atoms with van der Waals surface area (Å²) in [4.78, 5) is 4.59. The van der Waals surface area contributed by atoms with Gasteiger partial charge in [0.1, 0.15) is 11.3 Å². The molecule has 0 spiro atoms. The maximum absolute atomic E-state index is 14.0. The number of nitrogens with one attached hydrogen (secondary N) is 1. The van der Waals surface area contributed by atoms with E-state index in [1.54, 1.807) is 6.07 Å². The molecule has 1 N–H and O–H groups in total. The van der Waals surface area contributed by atoms with Crippen LogP contribution in [0.1, 0.15) is 23.7 Å². The summed E-state index contributed by atoms with van der Waals surface area (Å²) in [6.45, 7) is 0.910. The fourth-order valence-corrected chi connectivity index (χ4v) is 3.25. The lowest BCUT2D eigenvalue weighted by molar-refractivity contribution is 0.633. The van der Waals surface area contributed by atoms with Crippen LogP contribution in [0.15, 0.2) is 42.5 Å². The largest absolute Gasteiger partial charge is 0.385 e. The van der Waals surface area contributed by atoms with Crippen molar-refractivity contribution in [1.29, 1.82) is 0 Å². The van der Waals surface area contributed by atoms with Crippen molar-refractivity contribution in [2.45, 2.75) is 12.3 Å². The SMILES string of the molecule is Cn1c(C2CCNc3ccccc32)nc2c(F)cccc21. The summed E-state index contributed by atoms with van der Waals surface area (Å²) in [5, 5.41) is 3.42. The molecule has 0 amide bonds. The Kier molecular flexibility index (Phi) is 2.70. The summed E-state index contributed by atoms with van der Waals surface area (Å²) < 4.78 is 16.0. The van der Waals surface area contributed by atoms with Crippen LogP contribution in [0.4, 0.5) is 10.1 Å². The van der Waals surface area contributed by atoms with E-state index >= 15 is 0 Å². The predicted molar refractivity (Wildman–Crippen MR) is 82.1 cm³/mol. The third kappa shape index (κ3) is 1.82. The Labute approximate surface area is 122 Å². The van der Waals surface area contributed by atoms with Crippen LogP contribution in [0, 0.1) is 5.82 Å². The molecule has 2 aromatic carbocycles. The Bertz CT molecular complexity index is 822. The lowest BCUT2D eigenvalue weighted by Crippen LogP contribution is -2.19. The van der Waals surface area contributed by atoms with Crippen molar-refractivity contribution in [1.82, 2.24) is 9.55 Å². The Hall–Kier alpha value is -2.36. The summed E-state index contributed by atoms with van der Waals surface area (Å²) in [5.41, 5.74) is 3.70. The summed E-state index contributed by atoms with van der Waals surface area (Å²) >= 11 is 0. The molecule has 1 unspecified atom stereocenters. The highest BCUT2D eigenvalue weighted by Gasteiger charge is 2.26. The fourth-order valence-electron chi connectivity index (χ4n) is 3.25. The number of rotatable bonds is 1. The number of hydrogen-bond acceptors (Lipinski definition) is 2. The van der Waals surface area contributed by atoms with Gasteiger partial charge in [-0.1, -0.05) is 24.3 Å². The van der Waals surface area contributed by atoms with Crippen LogP contribution in [0.2, 0.25) is 0 Å². The van der Waals surface area contributed by atoms with Crippen LogP contribution in [-0.4, -0.2) is 16.1 Å². The molecule has 3 nitrogen and oxygen atoms in total. The maximum Gasteiger partial charge on any atom is 0.151 e.